The molecule has 0 unspecified atom stereocenters. The molecule has 0 N–H and O–H groups in total. The number of hydrogen-bond donors (Lipinski definition) is 0. The van der Waals surface area contributed by atoms with Crippen molar-refractivity contribution in [3.8, 4) is 17.6 Å². The molecule has 0 spiro atoms. The normalized spacial score (nSPS) is 14.2. The summed E-state index contributed by atoms with van der Waals surface area (Å²) in [6.07, 6.45) is 1.81. The van der Waals surface area contributed by atoms with Gasteiger partial charge in [-0.1, -0.05) is 84.1 Å². The maximum atomic E-state index is 14.1. The van der Waals surface area contributed by atoms with E-state index in [1.165, 1.54) is 11.3 Å². The fraction of sp³-hybridized carbons (Fsp3) is 0.135. The van der Waals surface area contributed by atoms with Gasteiger partial charge in [0.05, 0.1) is 47.2 Å². The van der Waals surface area contributed by atoms with E-state index >= 15 is 0 Å². The Kier molecular flexibility index (Phi) is 8.90. The van der Waals surface area contributed by atoms with Crippen molar-refractivity contribution < 1.29 is 19.0 Å². The molecule has 8 nitrogen and oxygen atoms in total. The Hall–Kier alpha value is -5.72. The number of hydrogen-bond acceptors (Lipinski definition) is 8. The van der Waals surface area contributed by atoms with Gasteiger partial charge in [0.25, 0.3) is 5.56 Å². The minimum Gasteiger partial charge on any atom is -0.497 e. The monoisotopic (exact) mass is 627 g/mol. The number of thiazole rings is 1. The molecule has 0 radical (unpaired) electrons. The van der Waals surface area contributed by atoms with Gasteiger partial charge >= 0.3 is 5.97 Å². The second-order valence-corrected chi connectivity index (χ2v) is 11.3. The molecule has 1 aliphatic heterocycles. The highest BCUT2D eigenvalue weighted by molar-refractivity contribution is 7.07. The topological polar surface area (TPSA) is 103 Å². The highest BCUT2D eigenvalue weighted by atomic mass is 32.1. The Morgan fingerprint density at radius 1 is 0.957 bits per heavy atom. The predicted octanol–water partition coefficient (Wildman–Crippen LogP) is 5.39. The zero-order valence-corrected chi connectivity index (χ0v) is 26.0. The van der Waals surface area contributed by atoms with Gasteiger partial charge in [0.15, 0.2) is 4.80 Å². The molecule has 2 heterocycles. The Bertz CT molecular complexity index is 2140. The van der Waals surface area contributed by atoms with Crippen LogP contribution in [0.3, 0.4) is 0 Å². The number of carbonyl (C=O) groups excluding carboxylic acids is 1. The summed E-state index contributed by atoms with van der Waals surface area (Å²) in [5.74, 6) is 0.758. The molecule has 1 atom stereocenters. The Morgan fingerprint density at radius 3 is 2.35 bits per heavy atom. The van der Waals surface area contributed by atoms with Crippen LogP contribution in [0.15, 0.2) is 118 Å². The summed E-state index contributed by atoms with van der Waals surface area (Å²) in [6, 6.07) is 32.8. The summed E-state index contributed by atoms with van der Waals surface area (Å²) in [6.45, 7) is 2.19. The molecule has 228 valence electrons. The fourth-order valence-corrected chi connectivity index (χ4v) is 6.27. The summed E-state index contributed by atoms with van der Waals surface area (Å²) in [5, 5.41) is 9.34. The number of rotatable bonds is 9. The van der Waals surface area contributed by atoms with Crippen molar-refractivity contribution in [3.63, 3.8) is 0 Å². The van der Waals surface area contributed by atoms with E-state index in [4.69, 9.17) is 19.2 Å². The molecule has 4 aromatic carbocycles. The molecule has 0 bridgehead atoms. The summed E-state index contributed by atoms with van der Waals surface area (Å²) in [4.78, 5) is 33.1. The van der Waals surface area contributed by atoms with Gasteiger partial charge in [0.1, 0.15) is 18.1 Å². The zero-order chi connectivity index (χ0) is 32.0. The van der Waals surface area contributed by atoms with Crippen molar-refractivity contribution in [1.29, 1.82) is 5.26 Å². The molecule has 0 aliphatic carbocycles. The van der Waals surface area contributed by atoms with Crippen molar-refractivity contribution in [1.82, 2.24) is 4.57 Å². The van der Waals surface area contributed by atoms with Crippen molar-refractivity contribution in [3.05, 3.63) is 156 Å². The maximum absolute atomic E-state index is 14.1. The fourth-order valence-electron chi connectivity index (χ4n) is 5.27. The second kappa shape index (κ2) is 13.5. The number of carbonyl (C=O) groups is 1. The van der Waals surface area contributed by atoms with E-state index < -0.39 is 12.0 Å². The quantitative estimate of drug-likeness (QED) is 0.203. The van der Waals surface area contributed by atoms with Crippen LogP contribution in [-0.4, -0.2) is 24.3 Å². The van der Waals surface area contributed by atoms with Crippen molar-refractivity contribution in [2.45, 2.75) is 19.6 Å². The van der Waals surface area contributed by atoms with Gasteiger partial charge in [0, 0.05) is 11.1 Å². The molecular weight excluding hydrogens is 598 g/mol. The lowest BCUT2D eigenvalue weighted by Gasteiger charge is -2.26. The van der Waals surface area contributed by atoms with Gasteiger partial charge in [-0.05, 0) is 54.5 Å². The lowest BCUT2D eigenvalue weighted by Crippen LogP contribution is -2.40. The van der Waals surface area contributed by atoms with E-state index in [0.717, 1.165) is 22.3 Å². The summed E-state index contributed by atoms with van der Waals surface area (Å²) < 4.78 is 18.8. The van der Waals surface area contributed by atoms with Crippen LogP contribution in [-0.2, 0) is 16.1 Å². The maximum Gasteiger partial charge on any atom is 0.338 e. The Morgan fingerprint density at radius 2 is 1.65 bits per heavy atom. The summed E-state index contributed by atoms with van der Waals surface area (Å²) in [5.41, 5.74) is 4.12. The van der Waals surface area contributed by atoms with Gasteiger partial charge < -0.3 is 14.2 Å². The third-order valence-corrected chi connectivity index (χ3v) is 8.50. The van der Waals surface area contributed by atoms with E-state index in [2.05, 4.69) is 6.07 Å². The first-order chi connectivity index (χ1) is 22.5. The van der Waals surface area contributed by atoms with E-state index in [1.807, 2.05) is 84.9 Å². The zero-order valence-electron chi connectivity index (χ0n) is 25.2. The molecule has 6 rings (SSSR count). The number of esters is 1. The highest BCUT2D eigenvalue weighted by Crippen LogP contribution is 2.35. The second-order valence-electron chi connectivity index (χ2n) is 10.3. The van der Waals surface area contributed by atoms with Gasteiger partial charge in [-0.25, -0.2) is 9.79 Å². The molecule has 0 amide bonds. The number of methoxy groups -OCH3 is 1. The van der Waals surface area contributed by atoms with Crippen molar-refractivity contribution in [2.24, 2.45) is 4.99 Å². The van der Waals surface area contributed by atoms with Crippen LogP contribution in [0.1, 0.15) is 40.8 Å². The van der Waals surface area contributed by atoms with Gasteiger partial charge in [-0.2, -0.15) is 5.26 Å². The van der Waals surface area contributed by atoms with E-state index in [1.54, 1.807) is 42.9 Å². The molecule has 0 fully saturated rings. The Labute approximate surface area is 269 Å². The van der Waals surface area contributed by atoms with Crippen molar-refractivity contribution >= 4 is 29.1 Å². The SMILES string of the molecule is CCOC(=O)C1=C(c2ccccc2)N=c2s/c(=C\c3ccc(OCc4ccccc4C#N)cc3)c(=O)n2[C@@H]1c1ccc(OC)cc1. The number of aromatic nitrogens is 1. The van der Waals surface area contributed by atoms with Crippen LogP contribution in [0, 0.1) is 11.3 Å². The first kappa shape index (κ1) is 30.3. The van der Waals surface area contributed by atoms with E-state index in [9.17, 15) is 14.9 Å². The van der Waals surface area contributed by atoms with E-state index in [-0.39, 0.29) is 24.3 Å². The summed E-state index contributed by atoms with van der Waals surface area (Å²) >= 11 is 1.26. The third kappa shape index (κ3) is 6.11. The lowest BCUT2D eigenvalue weighted by atomic mass is 9.93. The van der Waals surface area contributed by atoms with Gasteiger partial charge in [0.2, 0.25) is 0 Å². The van der Waals surface area contributed by atoms with Crippen LogP contribution in [0.4, 0.5) is 0 Å². The van der Waals surface area contributed by atoms with Crippen LogP contribution in [0.5, 0.6) is 11.5 Å². The first-order valence-electron chi connectivity index (χ1n) is 14.6. The minimum atomic E-state index is -0.773. The molecule has 1 aliphatic rings. The third-order valence-electron chi connectivity index (χ3n) is 7.52. The molecule has 5 aromatic rings. The largest absolute Gasteiger partial charge is 0.497 e. The average Bonchev–Trinajstić information content (AvgIpc) is 3.41. The average molecular weight is 628 g/mol. The smallest absolute Gasteiger partial charge is 0.338 e. The highest BCUT2D eigenvalue weighted by Gasteiger charge is 2.35. The number of ether oxygens (including phenoxy) is 3. The summed E-state index contributed by atoms with van der Waals surface area (Å²) in [7, 11) is 1.59. The van der Waals surface area contributed by atoms with Crippen molar-refractivity contribution in [2.75, 3.05) is 13.7 Å². The number of nitrogens with zero attached hydrogens (tertiary/aromatic N) is 3. The lowest BCUT2D eigenvalue weighted by molar-refractivity contribution is -0.138. The predicted molar refractivity (Wildman–Crippen MR) is 176 cm³/mol. The van der Waals surface area contributed by atoms with Crippen LogP contribution in [0.2, 0.25) is 0 Å². The van der Waals surface area contributed by atoms with Crippen LogP contribution in [0.25, 0.3) is 11.8 Å². The Balaban J connectivity index is 1.43. The van der Waals surface area contributed by atoms with E-state index in [0.29, 0.717) is 32.1 Å². The number of nitriles is 1. The molecule has 9 heteroatoms. The van der Waals surface area contributed by atoms with Gasteiger partial charge in [-0.15, -0.1) is 0 Å². The molecule has 1 aromatic heterocycles. The van der Waals surface area contributed by atoms with Crippen LogP contribution >= 0.6 is 11.3 Å². The minimum absolute atomic E-state index is 0.175. The standard InChI is InChI=1S/C37H29N3O5S/c1-3-44-36(42)32-33(25-9-5-4-6-10-25)39-37-40(34(32)26-15-19-29(43-2)20-16-26)35(41)31(46-37)21-24-13-17-30(18-14-24)45-23-28-12-8-7-11-27(28)22-38/h4-21,34H,3,23H2,1-2H3/b31-21-/t34-/m1/s1. The first-order valence-corrected chi connectivity index (χ1v) is 15.5. The number of benzene rings is 4. The van der Waals surface area contributed by atoms with Crippen LogP contribution < -0.4 is 24.4 Å². The molecular formula is C37H29N3O5S. The molecule has 0 saturated carbocycles. The number of fused-ring (bicyclic) bond motifs is 1. The molecule has 0 saturated heterocycles. The molecule has 46 heavy (non-hydrogen) atoms. The van der Waals surface area contributed by atoms with Gasteiger partial charge in [-0.3, -0.25) is 9.36 Å².